The summed E-state index contributed by atoms with van der Waals surface area (Å²) in [7, 11) is 0. The molecule has 2 atom stereocenters. The van der Waals surface area contributed by atoms with E-state index in [2.05, 4.69) is 5.32 Å². The fourth-order valence-electron chi connectivity index (χ4n) is 4.34. The molecular formula is C20H23ClN2O6. The average Bonchev–Trinajstić information content (AvgIpc) is 2.93. The summed E-state index contributed by atoms with van der Waals surface area (Å²) in [5, 5.41) is 3.30. The van der Waals surface area contributed by atoms with Gasteiger partial charge in [0.2, 0.25) is 0 Å². The number of carbonyl (C=O) groups excluding carboxylic acids is 3. The Morgan fingerprint density at radius 2 is 2.21 bits per heavy atom. The van der Waals surface area contributed by atoms with Crippen molar-refractivity contribution < 1.29 is 28.6 Å². The van der Waals surface area contributed by atoms with Gasteiger partial charge in [0.1, 0.15) is 24.4 Å². The molecular weight excluding hydrogens is 400 g/mol. The summed E-state index contributed by atoms with van der Waals surface area (Å²) in [6, 6.07) is 2.85. The third-order valence-corrected chi connectivity index (χ3v) is 6.15. The normalized spacial score (nSPS) is 26.1. The molecule has 1 saturated heterocycles. The van der Waals surface area contributed by atoms with Gasteiger partial charge in [0.25, 0.3) is 5.91 Å². The van der Waals surface area contributed by atoms with Crippen molar-refractivity contribution in [2.45, 2.75) is 51.4 Å². The quantitative estimate of drug-likeness (QED) is 0.592. The van der Waals surface area contributed by atoms with Crippen LogP contribution in [0.3, 0.4) is 0 Å². The van der Waals surface area contributed by atoms with Gasteiger partial charge in [0.15, 0.2) is 6.79 Å². The maximum absolute atomic E-state index is 12.9. The Balaban J connectivity index is 1.41. The maximum Gasteiger partial charge on any atom is 0.326 e. The van der Waals surface area contributed by atoms with Gasteiger partial charge in [0.05, 0.1) is 6.61 Å². The lowest BCUT2D eigenvalue weighted by Gasteiger charge is -2.36. The minimum Gasteiger partial charge on any atom is -0.467 e. The summed E-state index contributed by atoms with van der Waals surface area (Å²) in [4.78, 5) is 38.7. The van der Waals surface area contributed by atoms with Gasteiger partial charge in [-0.25, -0.2) is 4.79 Å². The van der Waals surface area contributed by atoms with Crippen molar-refractivity contribution in [1.82, 2.24) is 10.2 Å². The summed E-state index contributed by atoms with van der Waals surface area (Å²) >= 11 is 6.11. The summed E-state index contributed by atoms with van der Waals surface area (Å²) < 4.78 is 16.0. The molecule has 0 aromatic heterocycles. The van der Waals surface area contributed by atoms with Crippen LogP contribution in [0.2, 0.25) is 5.02 Å². The van der Waals surface area contributed by atoms with Crippen LogP contribution in [0, 0.1) is 5.92 Å². The van der Waals surface area contributed by atoms with Crippen molar-refractivity contribution in [2.24, 2.45) is 5.92 Å². The van der Waals surface area contributed by atoms with Crippen LogP contribution < -0.4 is 10.1 Å². The van der Waals surface area contributed by atoms with Gasteiger partial charge >= 0.3 is 12.0 Å². The van der Waals surface area contributed by atoms with Gasteiger partial charge in [-0.15, -0.1) is 0 Å². The molecule has 2 aliphatic heterocycles. The number of rotatable bonds is 4. The molecule has 0 bridgehead atoms. The van der Waals surface area contributed by atoms with Gasteiger partial charge in [0, 0.05) is 16.1 Å². The fraction of sp³-hybridized carbons (Fsp3) is 0.550. The first kappa shape index (κ1) is 20.0. The second-order valence-corrected chi connectivity index (χ2v) is 8.20. The number of nitrogens with zero attached hydrogens (tertiary/aromatic N) is 1. The average molecular weight is 423 g/mol. The van der Waals surface area contributed by atoms with Crippen LogP contribution in [-0.4, -0.2) is 41.7 Å². The molecule has 1 aromatic carbocycles. The van der Waals surface area contributed by atoms with Crippen molar-refractivity contribution in [3.63, 3.8) is 0 Å². The van der Waals surface area contributed by atoms with Crippen molar-refractivity contribution >= 4 is 29.5 Å². The lowest BCUT2D eigenvalue weighted by molar-refractivity contribution is -0.149. The third-order valence-electron chi connectivity index (χ3n) is 5.93. The molecule has 1 spiro atoms. The summed E-state index contributed by atoms with van der Waals surface area (Å²) in [6.45, 7) is 1.93. The molecule has 1 aliphatic carbocycles. The molecule has 1 saturated carbocycles. The highest BCUT2D eigenvalue weighted by atomic mass is 35.5. The second-order valence-electron chi connectivity index (χ2n) is 7.76. The summed E-state index contributed by atoms with van der Waals surface area (Å²) in [6.07, 6.45) is 3.37. The number of carbonyl (C=O) groups is 3. The molecule has 156 valence electrons. The van der Waals surface area contributed by atoms with Crippen LogP contribution in [-0.2, 0) is 32.3 Å². The molecule has 0 unspecified atom stereocenters. The van der Waals surface area contributed by atoms with Gasteiger partial charge in [-0.3, -0.25) is 14.5 Å². The van der Waals surface area contributed by atoms with Crippen LogP contribution in [0.25, 0.3) is 0 Å². The van der Waals surface area contributed by atoms with E-state index in [9.17, 15) is 14.4 Å². The molecule has 2 fully saturated rings. The Morgan fingerprint density at radius 3 is 3.00 bits per heavy atom. The largest absolute Gasteiger partial charge is 0.467 e. The monoisotopic (exact) mass is 422 g/mol. The zero-order valence-electron chi connectivity index (χ0n) is 16.2. The smallest absolute Gasteiger partial charge is 0.326 e. The zero-order chi connectivity index (χ0) is 20.6. The van der Waals surface area contributed by atoms with E-state index in [0.29, 0.717) is 29.4 Å². The van der Waals surface area contributed by atoms with Crippen molar-refractivity contribution in [2.75, 3.05) is 13.3 Å². The standard InChI is InChI=1S/C20H23ClN2O6/c1-12-4-2-3-5-20(12)18(25)23(19(26)22-20)8-16(24)28-10-14-7-15(21)6-13-9-27-11-29-17(13)14/h6-7,12H,2-5,8-11H2,1H3,(H,22,26)/t12-,20-/m0/s1. The molecule has 29 heavy (non-hydrogen) atoms. The van der Waals surface area contributed by atoms with Crippen LogP contribution in [0.15, 0.2) is 12.1 Å². The number of benzene rings is 1. The Morgan fingerprint density at radius 1 is 1.38 bits per heavy atom. The van der Waals surface area contributed by atoms with Crippen LogP contribution in [0.5, 0.6) is 5.75 Å². The Hall–Kier alpha value is -2.32. The molecule has 3 amide bonds. The van der Waals surface area contributed by atoms with Crippen molar-refractivity contribution in [1.29, 1.82) is 0 Å². The highest BCUT2D eigenvalue weighted by Crippen LogP contribution is 2.38. The van der Waals surface area contributed by atoms with Gasteiger partial charge in [-0.2, -0.15) is 0 Å². The number of amides is 3. The molecule has 0 radical (unpaired) electrons. The van der Waals surface area contributed by atoms with Crippen LogP contribution >= 0.6 is 11.6 Å². The third kappa shape index (κ3) is 3.67. The minimum atomic E-state index is -0.893. The van der Waals surface area contributed by atoms with E-state index in [1.807, 2.05) is 6.92 Å². The minimum absolute atomic E-state index is 0.0334. The van der Waals surface area contributed by atoms with E-state index in [4.69, 9.17) is 25.8 Å². The first-order valence-corrected chi connectivity index (χ1v) is 10.1. The lowest BCUT2D eigenvalue weighted by Crippen LogP contribution is -2.54. The van der Waals surface area contributed by atoms with E-state index in [1.165, 1.54) is 0 Å². The number of urea groups is 1. The number of fused-ring (bicyclic) bond motifs is 1. The fourth-order valence-corrected chi connectivity index (χ4v) is 4.60. The number of hydrogen-bond acceptors (Lipinski definition) is 6. The Labute approximate surface area is 173 Å². The number of imide groups is 1. The van der Waals surface area contributed by atoms with Gasteiger partial charge in [-0.1, -0.05) is 31.4 Å². The predicted molar refractivity (Wildman–Crippen MR) is 102 cm³/mol. The molecule has 4 rings (SSSR count). The van der Waals surface area contributed by atoms with Crippen LogP contribution in [0.4, 0.5) is 4.79 Å². The molecule has 8 nitrogen and oxygen atoms in total. The number of ether oxygens (including phenoxy) is 3. The molecule has 1 N–H and O–H groups in total. The molecule has 1 aromatic rings. The number of hydrogen-bond donors (Lipinski definition) is 1. The van der Waals surface area contributed by atoms with Crippen molar-refractivity contribution in [3.05, 3.63) is 28.3 Å². The van der Waals surface area contributed by atoms with Crippen molar-refractivity contribution in [3.8, 4) is 5.75 Å². The first-order valence-electron chi connectivity index (χ1n) is 9.72. The van der Waals surface area contributed by atoms with E-state index in [1.54, 1.807) is 12.1 Å². The lowest BCUT2D eigenvalue weighted by atomic mass is 9.73. The molecule has 3 aliphatic rings. The molecule has 9 heteroatoms. The SMILES string of the molecule is C[C@H]1CCCC[C@]12NC(=O)N(CC(=O)OCc1cc(Cl)cc3c1OCOC3)C2=O. The van der Waals surface area contributed by atoms with E-state index in [-0.39, 0.29) is 25.2 Å². The van der Waals surface area contributed by atoms with E-state index >= 15 is 0 Å². The second kappa shape index (κ2) is 7.84. The number of nitrogens with one attached hydrogen (secondary N) is 1. The maximum atomic E-state index is 12.9. The Kier molecular flexibility index (Phi) is 5.40. The summed E-state index contributed by atoms with van der Waals surface area (Å²) in [5.74, 6) is -0.397. The zero-order valence-corrected chi connectivity index (χ0v) is 16.9. The summed E-state index contributed by atoms with van der Waals surface area (Å²) in [5.41, 5.74) is 0.492. The topological polar surface area (TPSA) is 94.2 Å². The highest BCUT2D eigenvalue weighted by molar-refractivity contribution is 6.30. The van der Waals surface area contributed by atoms with E-state index in [0.717, 1.165) is 29.7 Å². The highest BCUT2D eigenvalue weighted by Gasteiger charge is 2.55. The Bertz CT molecular complexity index is 860. The van der Waals surface area contributed by atoms with E-state index < -0.39 is 24.1 Å². The first-order chi connectivity index (χ1) is 13.9. The molecule has 2 heterocycles. The van der Waals surface area contributed by atoms with Gasteiger partial charge in [-0.05, 0) is 30.9 Å². The predicted octanol–water partition coefficient (Wildman–Crippen LogP) is 2.75. The number of esters is 1. The van der Waals surface area contributed by atoms with Crippen LogP contribution in [0.1, 0.15) is 43.7 Å². The van der Waals surface area contributed by atoms with Gasteiger partial charge < -0.3 is 19.5 Å². The number of halogens is 1.